The number of anilines is 1. The second-order valence-corrected chi connectivity index (χ2v) is 18.0. The summed E-state index contributed by atoms with van der Waals surface area (Å²) in [5.74, 6) is 0.00315. The van der Waals surface area contributed by atoms with Gasteiger partial charge < -0.3 is 13.7 Å². The van der Waals surface area contributed by atoms with Crippen LogP contribution in [0, 0.1) is 0 Å². The van der Waals surface area contributed by atoms with Gasteiger partial charge >= 0.3 is 0 Å². The van der Waals surface area contributed by atoms with Gasteiger partial charge in [-0.2, -0.15) is 0 Å². The Kier molecular flexibility index (Phi) is 6.95. The lowest BCUT2D eigenvalue weighted by Crippen LogP contribution is -2.31. The number of carbonyl (C=O) groups is 1. The molecule has 0 aliphatic carbocycles. The maximum absolute atomic E-state index is 11.8. The number of rotatable bonds is 7. The van der Waals surface area contributed by atoms with Gasteiger partial charge in [0.25, 0.3) is 0 Å². The average molecular weight is 358 g/mol. The smallest absolute Gasteiger partial charge is 0.224 e. The molecule has 0 unspecified atom stereocenters. The highest BCUT2D eigenvalue weighted by molar-refractivity contribution is 7.59. The summed E-state index contributed by atoms with van der Waals surface area (Å²) in [7, 11) is -4.70. The fourth-order valence-corrected chi connectivity index (χ4v) is 7.38. The lowest BCUT2D eigenvalue weighted by Gasteiger charge is -2.31. The van der Waals surface area contributed by atoms with Gasteiger partial charge in [0, 0.05) is 6.42 Å². The fraction of sp³-hybridized carbons (Fsp3) is 0.533. The standard InChI is InChI=1S/C15H28NO3PSi2/c1-8-15(17)16-13-11-9-10-12-14(13)20(18-21(2,3)4)19-22(5,6)7/h9-12H,8H2,1-7H3,(H,16,17). The summed E-state index contributed by atoms with van der Waals surface area (Å²) in [5.41, 5.74) is 0.803. The van der Waals surface area contributed by atoms with E-state index in [4.69, 9.17) is 8.43 Å². The molecule has 0 bridgehead atoms. The third-order valence-electron chi connectivity index (χ3n) is 2.41. The highest BCUT2D eigenvalue weighted by Gasteiger charge is 2.30. The van der Waals surface area contributed by atoms with Crippen LogP contribution in [0.4, 0.5) is 5.69 Å². The van der Waals surface area contributed by atoms with Gasteiger partial charge in [0.15, 0.2) is 25.0 Å². The molecule has 0 spiro atoms. The van der Waals surface area contributed by atoms with Gasteiger partial charge in [0.2, 0.25) is 5.91 Å². The van der Waals surface area contributed by atoms with Crippen molar-refractivity contribution in [1.29, 1.82) is 0 Å². The molecule has 0 saturated heterocycles. The molecule has 1 amide bonds. The molecule has 4 nitrogen and oxygen atoms in total. The van der Waals surface area contributed by atoms with Crippen molar-refractivity contribution in [2.24, 2.45) is 0 Å². The molecule has 1 aromatic rings. The van der Waals surface area contributed by atoms with Crippen molar-refractivity contribution in [2.75, 3.05) is 5.32 Å². The molecule has 0 fully saturated rings. The number of nitrogens with one attached hydrogen (secondary N) is 1. The van der Waals surface area contributed by atoms with Gasteiger partial charge in [0.05, 0.1) is 11.0 Å². The number of carbonyl (C=O) groups excluding carboxylic acids is 1. The van der Waals surface area contributed by atoms with Gasteiger partial charge in [-0.1, -0.05) is 19.1 Å². The number of hydrogen-bond acceptors (Lipinski definition) is 3. The maximum atomic E-state index is 11.8. The summed E-state index contributed by atoms with van der Waals surface area (Å²) in [5, 5.41) is 3.92. The zero-order valence-corrected chi connectivity index (χ0v) is 17.6. The molecule has 0 radical (unpaired) electrons. The van der Waals surface area contributed by atoms with Crippen LogP contribution in [0.3, 0.4) is 0 Å². The highest BCUT2D eigenvalue weighted by Crippen LogP contribution is 2.45. The van der Waals surface area contributed by atoms with E-state index in [2.05, 4.69) is 44.6 Å². The average Bonchev–Trinajstić information content (AvgIpc) is 2.35. The lowest BCUT2D eigenvalue weighted by atomic mass is 10.3. The fourth-order valence-electron chi connectivity index (χ4n) is 1.59. The molecular weight excluding hydrogens is 329 g/mol. The second kappa shape index (κ2) is 7.84. The van der Waals surface area contributed by atoms with Crippen LogP contribution in [-0.4, -0.2) is 22.5 Å². The first-order valence-electron chi connectivity index (χ1n) is 7.59. The number of amides is 1. The van der Waals surface area contributed by atoms with Crippen molar-refractivity contribution in [1.82, 2.24) is 0 Å². The molecule has 1 aromatic carbocycles. The van der Waals surface area contributed by atoms with Gasteiger partial charge in [-0.15, -0.1) is 0 Å². The van der Waals surface area contributed by atoms with Gasteiger partial charge in [-0.05, 0) is 51.4 Å². The molecule has 0 aromatic heterocycles. The van der Waals surface area contributed by atoms with E-state index in [0.29, 0.717) is 6.42 Å². The molecule has 1 rings (SSSR count). The lowest BCUT2D eigenvalue weighted by molar-refractivity contribution is -0.115. The molecule has 0 atom stereocenters. The Hall–Kier alpha value is -0.526. The molecule has 0 heterocycles. The minimum Gasteiger partial charge on any atom is -0.373 e. The first-order valence-corrected chi connectivity index (χ1v) is 15.6. The summed E-state index contributed by atoms with van der Waals surface area (Å²) < 4.78 is 12.6. The van der Waals surface area contributed by atoms with Crippen LogP contribution in [0.1, 0.15) is 13.3 Å². The quantitative estimate of drug-likeness (QED) is 0.569. The summed E-state index contributed by atoms with van der Waals surface area (Å²) >= 11 is 0. The summed E-state index contributed by atoms with van der Waals surface area (Å²) in [4.78, 5) is 11.8. The maximum Gasteiger partial charge on any atom is 0.224 e. The third kappa shape index (κ3) is 7.16. The highest BCUT2D eigenvalue weighted by atomic mass is 31.2. The Morgan fingerprint density at radius 1 is 1.05 bits per heavy atom. The predicted molar refractivity (Wildman–Crippen MR) is 101 cm³/mol. The molecule has 0 saturated carbocycles. The van der Waals surface area contributed by atoms with Crippen molar-refractivity contribution in [3.05, 3.63) is 24.3 Å². The van der Waals surface area contributed by atoms with Crippen molar-refractivity contribution < 1.29 is 13.2 Å². The molecule has 0 aliphatic heterocycles. The molecular formula is C15H28NO3PSi2. The van der Waals surface area contributed by atoms with E-state index in [9.17, 15) is 4.79 Å². The van der Waals surface area contributed by atoms with Crippen LogP contribution in [0.15, 0.2) is 24.3 Å². The largest absolute Gasteiger partial charge is 0.373 e. The summed E-state index contributed by atoms with van der Waals surface area (Å²) in [6, 6.07) is 7.80. The van der Waals surface area contributed by atoms with Crippen LogP contribution in [0.2, 0.25) is 39.3 Å². The van der Waals surface area contributed by atoms with E-state index in [1.165, 1.54) is 0 Å². The number of hydrogen-bond donors (Lipinski definition) is 1. The first-order chi connectivity index (χ1) is 10.0. The Labute approximate surface area is 137 Å². The molecule has 22 heavy (non-hydrogen) atoms. The number of para-hydroxylation sites is 1. The Balaban J connectivity index is 3.15. The second-order valence-electron chi connectivity index (χ2n) is 7.08. The van der Waals surface area contributed by atoms with Crippen molar-refractivity contribution in [2.45, 2.75) is 52.6 Å². The monoisotopic (exact) mass is 357 g/mol. The van der Waals surface area contributed by atoms with Gasteiger partial charge in [0.1, 0.15) is 0 Å². The van der Waals surface area contributed by atoms with Crippen molar-refractivity contribution in [3.8, 4) is 0 Å². The van der Waals surface area contributed by atoms with Crippen LogP contribution < -0.4 is 10.6 Å². The molecule has 1 N–H and O–H groups in total. The first kappa shape index (κ1) is 19.5. The van der Waals surface area contributed by atoms with E-state index in [1.807, 2.05) is 31.2 Å². The topological polar surface area (TPSA) is 47.6 Å². The third-order valence-corrected chi connectivity index (χ3v) is 8.90. The Morgan fingerprint density at radius 2 is 1.55 bits per heavy atom. The van der Waals surface area contributed by atoms with Gasteiger partial charge in [-0.25, -0.2) is 0 Å². The van der Waals surface area contributed by atoms with E-state index >= 15 is 0 Å². The predicted octanol–water partition coefficient (Wildman–Crippen LogP) is 4.68. The van der Waals surface area contributed by atoms with E-state index < -0.39 is 25.0 Å². The van der Waals surface area contributed by atoms with E-state index in [1.54, 1.807) is 0 Å². The SMILES string of the molecule is CCC(=O)Nc1ccccc1P(O[Si](C)(C)C)O[Si](C)(C)C. The number of benzene rings is 1. The van der Waals surface area contributed by atoms with Crippen LogP contribution in [0.25, 0.3) is 0 Å². The normalized spacial score (nSPS) is 12.5. The minimum atomic E-state index is -1.76. The molecule has 0 aliphatic rings. The van der Waals surface area contributed by atoms with Crippen LogP contribution in [-0.2, 0) is 13.2 Å². The van der Waals surface area contributed by atoms with Crippen LogP contribution >= 0.6 is 8.38 Å². The zero-order valence-electron chi connectivity index (χ0n) is 14.7. The van der Waals surface area contributed by atoms with Crippen LogP contribution in [0.5, 0.6) is 0 Å². The zero-order chi connectivity index (χ0) is 17.0. The summed E-state index contributed by atoms with van der Waals surface area (Å²) in [6.07, 6.45) is 0.454. The minimum absolute atomic E-state index is 0.00315. The van der Waals surface area contributed by atoms with E-state index in [-0.39, 0.29) is 5.91 Å². The van der Waals surface area contributed by atoms with Gasteiger partial charge in [-0.3, -0.25) is 4.79 Å². The molecule has 124 valence electrons. The summed E-state index contributed by atoms with van der Waals surface area (Å²) in [6.45, 7) is 14.8. The molecule has 7 heteroatoms. The Morgan fingerprint density at radius 3 is 2.00 bits per heavy atom. The van der Waals surface area contributed by atoms with Crippen molar-refractivity contribution >= 4 is 41.9 Å². The Bertz CT molecular complexity index is 496. The van der Waals surface area contributed by atoms with Crippen molar-refractivity contribution in [3.63, 3.8) is 0 Å². The van der Waals surface area contributed by atoms with E-state index in [0.717, 1.165) is 11.0 Å².